The Hall–Kier alpha value is -1.15. The molecule has 1 aromatic carbocycles. The smallest absolute Gasteiger partial charge is 0.240 e. The fourth-order valence-corrected chi connectivity index (χ4v) is 3.70. The second kappa shape index (κ2) is 8.63. The van der Waals surface area contributed by atoms with E-state index in [9.17, 15) is 13.2 Å². The minimum Gasteiger partial charge on any atom is -0.330 e. The number of unbranched alkanes of at least 4 members (excludes halogenated alkanes) is 1. The lowest BCUT2D eigenvalue weighted by Crippen LogP contribution is -2.34. The fourth-order valence-electron chi connectivity index (χ4n) is 2.61. The van der Waals surface area contributed by atoms with E-state index < -0.39 is 10.0 Å². The summed E-state index contributed by atoms with van der Waals surface area (Å²) in [4.78, 5) is 13.6. The summed E-state index contributed by atoms with van der Waals surface area (Å²) in [5.74, 6) is -0.0635. The molecule has 0 aromatic heterocycles. The van der Waals surface area contributed by atoms with Gasteiger partial charge in [-0.2, -0.15) is 0 Å². The van der Waals surface area contributed by atoms with Crippen LogP contribution in [0.2, 0.25) is 0 Å². The van der Waals surface area contributed by atoms with Gasteiger partial charge in [-0.15, -0.1) is 12.4 Å². The van der Waals surface area contributed by atoms with Crippen molar-refractivity contribution in [2.24, 2.45) is 5.73 Å². The first-order valence-electron chi connectivity index (χ1n) is 7.56. The van der Waals surface area contributed by atoms with Crippen molar-refractivity contribution < 1.29 is 13.2 Å². The van der Waals surface area contributed by atoms with Crippen molar-refractivity contribution in [2.75, 3.05) is 24.5 Å². The lowest BCUT2D eigenvalue weighted by Gasteiger charge is -2.29. The Morgan fingerprint density at radius 2 is 2.09 bits per heavy atom. The van der Waals surface area contributed by atoms with Gasteiger partial charge in [-0.3, -0.25) is 4.79 Å². The van der Waals surface area contributed by atoms with Gasteiger partial charge >= 0.3 is 0 Å². The number of nitrogens with zero attached hydrogens (tertiary/aromatic N) is 1. The Labute approximate surface area is 143 Å². The Morgan fingerprint density at radius 1 is 1.35 bits per heavy atom. The molecule has 1 heterocycles. The topological polar surface area (TPSA) is 92.5 Å². The highest BCUT2D eigenvalue weighted by atomic mass is 35.5. The van der Waals surface area contributed by atoms with Crippen molar-refractivity contribution in [3.8, 4) is 0 Å². The molecule has 0 saturated carbocycles. The van der Waals surface area contributed by atoms with Crippen LogP contribution in [0.15, 0.2) is 23.1 Å². The minimum absolute atomic E-state index is 0. The van der Waals surface area contributed by atoms with E-state index in [2.05, 4.69) is 4.72 Å². The van der Waals surface area contributed by atoms with Crippen LogP contribution in [0, 0.1) is 0 Å². The predicted molar refractivity (Wildman–Crippen MR) is 93.5 cm³/mol. The highest BCUT2D eigenvalue weighted by Gasteiger charge is 2.23. The van der Waals surface area contributed by atoms with Crippen molar-refractivity contribution in [3.63, 3.8) is 0 Å². The number of carbonyl (C=O) groups excluding carboxylic acids is 1. The standard InChI is InChI=1S/C15H23N3O3S.ClH/c1-12(19)18-10-4-5-13-6-7-14(11-15(13)18)22(20,21)17-9-3-2-8-16;/h6-7,11,17H,2-5,8-10,16H2,1H3;1H. The maximum atomic E-state index is 12.3. The molecule has 2 rings (SSSR count). The van der Waals surface area contributed by atoms with Crippen molar-refractivity contribution in [2.45, 2.75) is 37.5 Å². The second-order valence-corrected chi connectivity index (χ2v) is 7.23. The highest BCUT2D eigenvalue weighted by molar-refractivity contribution is 7.89. The number of anilines is 1. The number of amides is 1. The Balaban J connectivity index is 0.00000264. The molecule has 1 amide bonds. The molecule has 130 valence electrons. The van der Waals surface area contributed by atoms with Crippen LogP contribution < -0.4 is 15.4 Å². The molecule has 1 aliphatic rings. The molecular formula is C15H24ClN3O3S. The fraction of sp³-hybridized carbons (Fsp3) is 0.533. The second-order valence-electron chi connectivity index (χ2n) is 5.46. The first kappa shape index (κ1) is 19.9. The van der Waals surface area contributed by atoms with Gasteiger partial charge in [-0.05, 0) is 49.9 Å². The zero-order chi connectivity index (χ0) is 16.2. The summed E-state index contributed by atoms with van der Waals surface area (Å²) in [7, 11) is -3.55. The molecule has 0 fully saturated rings. The number of carbonyl (C=O) groups is 1. The maximum Gasteiger partial charge on any atom is 0.240 e. The quantitative estimate of drug-likeness (QED) is 0.749. The van der Waals surface area contributed by atoms with Crippen LogP contribution in [0.1, 0.15) is 31.7 Å². The monoisotopic (exact) mass is 361 g/mol. The minimum atomic E-state index is -3.55. The van der Waals surface area contributed by atoms with Crippen LogP contribution in [-0.4, -0.2) is 34.0 Å². The van der Waals surface area contributed by atoms with Gasteiger partial charge in [0.15, 0.2) is 0 Å². The number of fused-ring (bicyclic) bond motifs is 1. The summed E-state index contributed by atoms with van der Waals surface area (Å²) in [5, 5.41) is 0. The van der Waals surface area contributed by atoms with E-state index in [4.69, 9.17) is 5.73 Å². The molecule has 0 unspecified atom stereocenters. The van der Waals surface area contributed by atoms with Gasteiger partial charge < -0.3 is 10.6 Å². The van der Waals surface area contributed by atoms with Gasteiger partial charge in [0.25, 0.3) is 0 Å². The van der Waals surface area contributed by atoms with Gasteiger partial charge in [0, 0.05) is 25.7 Å². The third kappa shape index (κ3) is 4.91. The third-order valence-corrected chi connectivity index (χ3v) is 5.25. The number of hydrogen-bond donors (Lipinski definition) is 2. The van der Waals surface area contributed by atoms with E-state index in [1.807, 2.05) is 0 Å². The van der Waals surface area contributed by atoms with E-state index in [0.717, 1.165) is 24.8 Å². The number of halogens is 1. The third-order valence-electron chi connectivity index (χ3n) is 3.79. The SMILES string of the molecule is CC(=O)N1CCCc2ccc(S(=O)(=O)NCCCCN)cc21.Cl. The van der Waals surface area contributed by atoms with Gasteiger partial charge in [-0.25, -0.2) is 13.1 Å². The number of nitrogens with one attached hydrogen (secondary N) is 1. The molecule has 1 aromatic rings. The molecule has 8 heteroatoms. The van der Waals surface area contributed by atoms with Gasteiger partial charge in [-0.1, -0.05) is 6.07 Å². The Morgan fingerprint density at radius 3 is 2.74 bits per heavy atom. The van der Waals surface area contributed by atoms with E-state index in [1.54, 1.807) is 23.1 Å². The first-order valence-corrected chi connectivity index (χ1v) is 9.05. The predicted octanol–water partition coefficient (Wildman–Crippen LogP) is 1.42. The highest BCUT2D eigenvalue weighted by Crippen LogP contribution is 2.29. The van der Waals surface area contributed by atoms with Crippen molar-refractivity contribution in [3.05, 3.63) is 23.8 Å². The van der Waals surface area contributed by atoms with Gasteiger partial charge in [0.1, 0.15) is 0 Å². The Bertz CT molecular complexity index is 649. The molecule has 0 saturated heterocycles. The van der Waals surface area contributed by atoms with Crippen LogP contribution >= 0.6 is 12.4 Å². The number of nitrogens with two attached hydrogens (primary N) is 1. The van der Waals surface area contributed by atoms with Gasteiger partial charge in [0.05, 0.1) is 4.90 Å². The van der Waals surface area contributed by atoms with Crippen molar-refractivity contribution >= 4 is 34.0 Å². The number of sulfonamides is 1. The number of aryl methyl sites for hydroxylation is 1. The van der Waals surface area contributed by atoms with E-state index in [0.29, 0.717) is 31.7 Å². The van der Waals surface area contributed by atoms with E-state index in [-0.39, 0.29) is 23.2 Å². The summed E-state index contributed by atoms with van der Waals surface area (Å²) in [5.41, 5.74) is 7.12. The molecule has 6 nitrogen and oxygen atoms in total. The molecule has 23 heavy (non-hydrogen) atoms. The van der Waals surface area contributed by atoms with E-state index >= 15 is 0 Å². The number of benzene rings is 1. The molecule has 0 bridgehead atoms. The van der Waals surface area contributed by atoms with Crippen LogP contribution in [0.5, 0.6) is 0 Å². The molecular weight excluding hydrogens is 338 g/mol. The van der Waals surface area contributed by atoms with Crippen LogP contribution in [0.25, 0.3) is 0 Å². The summed E-state index contributed by atoms with van der Waals surface area (Å²) in [6.07, 6.45) is 3.25. The molecule has 0 aliphatic carbocycles. The van der Waals surface area contributed by atoms with E-state index in [1.165, 1.54) is 6.92 Å². The summed E-state index contributed by atoms with van der Waals surface area (Å²) >= 11 is 0. The molecule has 3 N–H and O–H groups in total. The summed E-state index contributed by atoms with van der Waals surface area (Å²) in [6, 6.07) is 5.01. The van der Waals surface area contributed by atoms with Gasteiger partial charge in [0.2, 0.25) is 15.9 Å². The largest absolute Gasteiger partial charge is 0.330 e. The Kier molecular flexibility index (Phi) is 7.47. The van der Waals surface area contributed by atoms with Crippen LogP contribution in [-0.2, 0) is 21.2 Å². The molecule has 0 radical (unpaired) electrons. The average Bonchev–Trinajstić information content (AvgIpc) is 2.50. The zero-order valence-corrected chi connectivity index (χ0v) is 14.9. The lowest BCUT2D eigenvalue weighted by molar-refractivity contribution is -0.116. The summed E-state index contributed by atoms with van der Waals surface area (Å²) in [6.45, 7) is 3.05. The van der Waals surface area contributed by atoms with Crippen molar-refractivity contribution in [1.82, 2.24) is 4.72 Å². The first-order chi connectivity index (χ1) is 10.5. The summed E-state index contributed by atoms with van der Waals surface area (Å²) < 4.78 is 27.2. The number of rotatable bonds is 6. The van der Waals surface area contributed by atoms with Crippen LogP contribution in [0.3, 0.4) is 0 Å². The van der Waals surface area contributed by atoms with Crippen LogP contribution in [0.4, 0.5) is 5.69 Å². The molecule has 0 atom stereocenters. The maximum absolute atomic E-state index is 12.3. The zero-order valence-electron chi connectivity index (χ0n) is 13.2. The average molecular weight is 362 g/mol. The number of hydrogen-bond acceptors (Lipinski definition) is 4. The molecule has 0 spiro atoms. The van der Waals surface area contributed by atoms with Crippen molar-refractivity contribution in [1.29, 1.82) is 0 Å². The normalized spacial score (nSPS) is 14.1. The molecule has 1 aliphatic heterocycles. The lowest BCUT2D eigenvalue weighted by atomic mass is 10.0.